The lowest BCUT2D eigenvalue weighted by Gasteiger charge is -2.09. The Bertz CT molecular complexity index is 430. The fourth-order valence-corrected chi connectivity index (χ4v) is 2.01. The van der Waals surface area contributed by atoms with Gasteiger partial charge in [0, 0.05) is 17.1 Å². The summed E-state index contributed by atoms with van der Waals surface area (Å²) >= 11 is 0. The van der Waals surface area contributed by atoms with Gasteiger partial charge in [0.25, 0.3) is 5.91 Å². The van der Waals surface area contributed by atoms with Crippen molar-refractivity contribution in [1.29, 1.82) is 0 Å². The van der Waals surface area contributed by atoms with E-state index in [2.05, 4.69) is 5.32 Å². The second-order valence-electron chi connectivity index (χ2n) is 5.48. The van der Waals surface area contributed by atoms with Gasteiger partial charge in [-0.1, -0.05) is 12.1 Å². The van der Waals surface area contributed by atoms with E-state index in [0.717, 1.165) is 37.7 Å². The highest BCUT2D eigenvalue weighted by molar-refractivity contribution is 5.94. The molecule has 1 aromatic rings. The van der Waals surface area contributed by atoms with Crippen LogP contribution in [0.2, 0.25) is 0 Å². The number of hydrogen-bond acceptors (Lipinski definition) is 2. The first kappa shape index (κ1) is 10.8. The summed E-state index contributed by atoms with van der Waals surface area (Å²) < 4.78 is 0. The molecule has 90 valence electrons. The van der Waals surface area contributed by atoms with E-state index in [9.17, 15) is 4.79 Å². The maximum Gasteiger partial charge on any atom is 0.251 e. The van der Waals surface area contributed by atoms with Gasteiger partial charge in [0.15, 0.2) is 0 Å². The van der Waals surface area contributed by atoms with Crippen LogP contribution in [0.1, 0.15) is 41.6 Å². The van der Waals surface area contributed by atoms with Gasteiger partial charge in [0.2, 0.25) is 0 Å². The van der Waals surface area contributed by atoms with Crippen LogP contribution >= 0.6 is 0 Å². The van der Waals surface area contributed by atoms with Crippen LogP contribution in [0.25, 0.3) is 0 Å². The lowest BCUT2D eigenvalue weighted by molar-refractivity contribution is 0.0951. The topological polar surface area (TPSA) is 55.1 Å². The fourth-order valence-electron chi connectivity index (χ4n) is 2.01. The molecule has 17 heavy (non-hydrogen) atoms. The molecule has 0 saturated heterocycles. The van der Waals surface area contributed by atoms with Crippen LogP contribution in [0.5, 0.6) is 0 Å². The van der Waals surface area contributed by atoms with Crippen molar-refractivity contribution in [3.63, 3.8) is 0 Å². The van der Waals surface area contributed by atoms with E-state index >= 15 is 0 Å². The van der Waals surface area contributed by atoms with Gasteiger partial charge in [0.05, 0.1) is 0 Å². The van der Waals surface area contributed by atoms with Crippen LogP contribution in [0.4, 0.5) is 0 Å². The normalized spacial score (nSPS) is 21.0. The molecule has 1 amide bonds. The maximum atomic E-state index is 11.8. The minimum absolute atomic E-state index is 0.0395. The summed E-state index contributed by atoms with van der Waals surface area (Å²) in [7, 11) is 0. The Balaban J connectivity index is 1.64. The highest BCUT2D eigenvalue weighted by Crippen LogP contribution is 2.35. The van der Waals surface area contributed by atoms with E-state index in [0.29, 0.717) is 6.04 Å². The first-order chi connectivity index (χ1) is 8.15. The van der Waals surface area contributed by atoms with Crippen molar-refractivity contribution in [2.45, 2.75) is 43.7 Å². The monoisotopic (exact) mass is 230 g/mol. The van der Waals surface area contributed by atoms with Gasteiger partial charge in [0.1, 0.15) is 0 Å². The fraction of sp³-hybridized carbons (Fsp3) is 0.500. The third-order valence-electron chi connectivity index (χ3n) is 3.58. The molecule has 3 N–H and O–H groups in total. The van der Waals surface area contributed by atoms with Crippen molar-refractivity contribution in [1.82, 2.24) is 5.32 Å². The highest BCUT2D eigenvalue weighted by Gasteiger charge is 2.37. The van der Waals surface area contributed by atoms with Crippen molar-refractivity contribution in [3.8, 4) is 0 Å². The lowest BCUT2D eigenvalue weighted by atomic mass is 10.0. The minimum Gasteiger partial charge on any atom is -0.349 e. The quantitative estimate of drug-likeness (QED) is 0.825. The van der Waals surface area contributed by atoms with Crippen LogP contribution in [0, 0.1) is 0 Å². The smallest absolute Gasteiger partial charge is 0.251 e. The van der Waals surface area contributed by atoms with Crippen LogP contribution in [0.3, 0.4) is 0 Å². The molecule has 3 nitrogen and oxygen atoms in total. The summed E-state index contributed by atoms with van der Waals surface area (Å²) in [5.74, 6) is 0.0490. The van der Waals surface area contributed by atoms with E-state index in [1.807, 2.05) is 24.3 Å². The molecule has 0 spiro atoms. The molecule has 0 heterocycles. The van der Waals surface area contributed by atoms with Crippen molar-refractivity contribution >= 4 is 5.91 Å². The molecule has 1 aromatic carbocycles. The SMILES string of the molecule is NC1(Cc2ccc(C(=O)NC3CC3)cc2)CC1. The van der Waals surface area contributed by atoms with Crippen LogP contribution in [-0.4, -0.2) is 17.5 Å². The molecule has 2 fully saturated rings. The summed E-state index contributed by atoms with van der Waals surface area (Å²) in [6.07, 6.45) is 5.42. The Hall–Kier alpha value is -1.35. The Morgan fingerprint density at radius 3 is 2.47 bits per heavy atom. The van der Waals surface area contributed by atoms with Crippen LogP contribution in [-0.2, 0) is 6.42 Å². The second-order valence-corrected chi connectivity index (χ2v) is 5.48. The summed E-state index contributed by atoms with van der Waals surface area (Å²) in [5.41, 5.74) is 8.09. The average Bonchev–Trinajstić information content (AvgIpc) is 3.20. The Morgan fingerprint density at radius 2 is 1.94 bits per heavy atom. The zero-order chi connectivity index (χ0) is 11.9. The van der Waals surface area contributed by atoms with E-state index < -0.39 is 0 Å². The number of carbonyl (C=O) groups is 1. The molecule has 3 rings (SSSR count). The van der Waals surface area contributed by atoms with E-state index in [1.165, 1.54) is 5.56 Å². The molecule has 0 radical (unpaired) electrons. The zero-order valence-corrected chi connectivity index (χ0v) is 9.91. The molecule has 2 saturated carbocycles. The highest BCUT2D eigenvalue weighted by atomic mass is 16.1. The summed E-state index contributed by atoms with van der Waals surface area (Å²) in [5, 5.41) is 2.99. The van der Waals surface area contributed by atoms with Gasteiger partial charge >= 0.3 is 0 Å². The molecular formula is C14H18N2O. The average molecular weight is 230 g/mol. The molecule has 0 unspecified atom stereocenters. The van der Waals surface area contributed by atoms with Crippen molar-refractivity contribution < 1.29 is 4.79 Å². The third-order valence-corrected chi connectivity index (χ3v) is 3.58. The summed E-state index contributed by atoms with van der Waals surface area (Å²) in [6.45, 7) is 0. The molecular weight excluding hydrogens is 212 g/mol. The summed E-state index contributed by atoms with van der Waals surface area (Å²) in [4.78, 5) is 11.8. The number of hydrogen-bond donors (Lipinski definition) is 2. The molecule has 2 aliphatic carbocycles. The first-order valence-corrected chi connectivity index (χ1v) is 6.33. The van der Waals surface area contributed by atoms with Gasteiger partial charge in [-0.25, -0.2) is 0 Å². The van der Waals surface area contributed by atoms with Gasteiger partial charge < -0.3 is 11.1 Å². The first-order valence-electron chi connectivity index (χ1n) is 6.33. The zero-order valence-electron chi connectivity index (χ0n) is 9.91. The largest absolute Gasteiger partial charge is 0.349 e. The van der Waals surface area contributed by atoms with E-state index in [-0.39, 0.29) is 11.4 Å². The Morgan fingerprint density at radius 1 is 1.29 bits per heavy atom. The van der Waals surface area contributed by atoms with Crippen molar-refractivity contribution in [3.05, 3.63) is 35.4 Å². The molecule has 3 heteroatoms. The second kappa shape index (κ2) is 3.84. The third kappa shape index (κ3) is 2.67. The predicted molar refractivity (Wildman–Crippen MR) is 66.8 cm³/mol. The molecule has 0 bridgehead atoms. The van der Waals surface area contributed by atoms with E-state index in [1.54, 1.807) is 0 Å². The van der Waals surface area contributed by atoms with Gasteiger partial charge in [-0.2, -0.15) is 0 Å². The number of carbonyl (C=O) groups excluding carboxylic acids is 1. The Kier molecular flexibility index (Phi) is 2.44. The Labute approximate surface area is 101 Å². The molecule has 0 aromatic heterocycles. The summed E-state index contributed by atoms with van der Waals surface area (Å²) in [6, 6.07) is 8.27. The number of nitrogens with one attached hydrogen (secondary N) is 1. The number of amides is 1. The predicted octanol–water partition coefficient (Wildman–Crippen LogP) is 1.61. The van der Waals surface area contributed by atoms with Crippen molar-refractivity contribution in [2.75, 3.05) is 0 Å². The standard InChI is InChI=1S/C14H18N2O/c15-14(7-8-14)9-10-1-3-11(4-2-10)13(17)16-12-5-6-12/h1-4,12H,5-9,15H2,(H,16,17). The van der Waals surface area contributed by atoms with E-state index in [4.69, 9.17) is 5.73 Å². The van der Waals surface area contributed by atoms with Crippen molar-refractivity contribution in [2.24, 2.45) is 5.73 Å². The van der Waals surface area contributed by atoms with Gasteiger partial charge in [-0.15, -0.1) is 0 Å². The molecule has 2 aliphatic rings. The van der Waals surface area contributed by atoms with Gasteiger partial charge in [-0.3, -0.25) is 4.79 Å². The molecule has 0 atom stereocenters. The maximum absolute atomic E-state index is 11.8. The number of nitrogens with two attached hydrogens (primary N) is 1. The molecule has 0 aliphatic heterocycles. The number of benzene rings is 1. The van der Waals surface area contributed by atoms with Gasteiger partial charge in [-0.05, 0) is 49.8 Å². The lowest BCUT2D eigenvalue weighted by Crippen LogP contribution is -2.26. The minimum atomic E-state index is 0.0395. The van der Waals surface area contributed by atoms with Crippen LogP contribution in [0.15, 0.2) is 24.3 Å². The number of rotatable bonds is 4. The van der Waals surface area contributed by atoms with Crippen LogP contribution < -0.4 is 11.1 Å².